The Labute approximate surface area is 105 Å². The molecular formula is C13H17F2NO2. The smallest absolute Gasteiger partial charge is 0.320 e. The molecule has 0 aliphatic heterocycles. The molecule has 3 nitrogen and oxygen atoms in total. The Hall–Kier alpha value is -1.49. The van der Waals surface area contributed by atoms with Crippen LogP contribution in [0.3, 0.4) is 0 Å². The fourth-order valence-electron chi connectivity index (χ4n) is 1.64. The van der Waals surface area contributed by atoms with Gasteiger partial charge in [-0.3, -0.25) is 10.1 Å². The van der Waals surface area contributed by atoms with Crippen molar-refractivity contribution in [2.75, 3.05) is 6.54 Å². The number of rotatable bonds is 7. The normalized spacial score (nSPS) is 13.3. The van der Waals surface area contributed by atoms with E-state index in [1.807, 2.05) is 6.92 Å². The van der Waals surface area contributed by atoms with E-state index in [0.29, 0.717) is 12.8 Å². The van der Waals surface area contributed by atoms with Crippen molar-refractivity contribution in [2.24, 2.45) is 0 Å². The van der Waals surface area contributed by atoms with E-state index in [-0.39, 0.29) is 5.56 Å². The number of halogens is 2. The maximum atomic E-state index is 13.8. The second-order valence-corrected chi connectivity index (χ2v) is 4.13. The van der Waals surface area contributed by atoms with Crippen LogP contribution in [0.1, 0.15) is 25.3 Å². The molecule has 1 rings (SSSR count). The van der Waals surface area contributed by atoms with E-state index in [2.05, 4.69) is 5.32 Å². The van der Waals surface area contributed by atoms with E-state index >= 15 is 0 Å². The third kappa shape index (κ3) is 4.07. The van der Waals surface area contributed by atoms with Crippen LogP contribution in [0.25, 0.3) is 0 Å². The lowest BCUT2D eigenvalue weighted by Crippen LogP contribution is -2.42. The SMILES string of the molecule is CCCC(NCC(F)(F)c1ccccc1)C(=O)O. The molecule has 1 aromatic carbocycles. The zero-order valence-electron chi connectivity index (χ0n) is 10.2. The highest BCUT2D eigenvalue weighted by Crippen LogP contribution is 2.26. The van der Waals surface area contributed by atoms with Crippen molar-refractivity contribution in [3.8, 4) is 0 Å². The van der Waals surface area contributed by atoms with Crippen LogP contribution < -0.4 is 5.32 Å². The highest BCUT2D eigenvalue weighted by Gasteiger charge is 2.32. The summed E-state index contributed by atoms with van der Waals surface area (Å²) >= 11 is 0. The molecule has 1 aromatic rings. The molecule has 1 atom stereocenters. The zero-order valence-corrected chi connectivity index (χ0v) is 10.2. The molecule has 0 fully saturated rings. The van der Waals surface area contributed by atoms with Gasteiger partial charge in [0.2, 0.25) is 0 Å². The van der Waals surface area contributed by atoms with Crippen molar-refractivity contribution in [3.05, 3.63) is 35.9 Å². The number of hydrogen-bond donors (Lipinski definition) is 2. The second kappa shape index (κ2) is 6.44. The van der Waals surface area contributed by atoms with E-state index in [9.17, 15) is 13.6 Å². The largest absolute Gasteiger partial charge is 0.480 e. The van der Waals surface area contributed by atoms with Gasteiger partial charge in [-0.2, -0.15) is 8.78 Å². The van der Waals surface area contributed by atoms with Gasteiger partial charge in [-0.05, 0) is 6.42 Å². The van der Waals surface area contributed by atoms with Gasteiger partial charge in [-0.1, -0.05) is 43.7 Å². The molecule has 0 aliphatic carbocycles. The molecule has 0 radical (unpaired) electrons. The Morgan fingerprint density at radius 1 is 1.39 bits per heavy atom. The van der Waals surface area contributed by atoms with Gasteiger partial charge in [0.1, 0.15) is 6.04 Å². The predicted octanol–water partition coefficient (Wildman–Crippen LogP) is 2.62. The van der Waals surface area contributed by atoms with Crippen molar-refractivity contribution >= 4 is 5.97 Å². The maximum absolute atomic E-state index is 13.8. The lowest BCUT2D eigenvalue weighted by Gasteiger charge is -2.20. The number of alkyl halides is 2. The van der Waals surface area contributed by atoms with Crippen LogP contribution in [-0.2, 0) is 10.7 Å². The summed E-state index contributed by atoms with van der Waals surface area (Å²) in [7, 11) is 0. The van der Waals surface area contributed by atoms with Gasteiger partial charge in [0.15, 0.2) is 0 Å². The molecule has 0 bridgehead atoms. The van der Waals surface area contributed by atoms with Crippen LogP contribution in [0.15, 0.2) is 30.3 Å². The highest BCUT2D eigenvalue weighted by molar-refractivity contribution is 5.73. The topological polar surface area (TPSA) is 49.3 Å². The molecule has 0 heterocycles. The summed E-state index contributed by atoms with van der Waals surface area (Å²) in [6.45, 7) is 1.14. The van der Waals surface area contributed by atoms with Crippen molar-refractivity contribution in [1.29, 1.82) is 0 Å². The first kappa shape index (κ1) is 14.6. The summed E-state index contributed by atoms with van der Waals surface area (Å²) in [6.07, 6.45) is 0.959. The molecule has 2 N–H and O–H groups in total. The molecular weight excluding hydrogens is 240 g/mol. The molecule has 0 amide bonds. The Bertz CT molecular complexity index is 382. The maximum Gasteiger partial charge on any atom is 0.320 e. The van der Waals surface area contributed by atoms with Crippen molar-refractivity contribution in [1.82, 2.24) is 5.32 Å². The van der Waals surface area contributed by atoms with Crippen molar-refractivity contribution in [3.63, 3.8) is 0 Å². The minimum Gasteiger partial charge on any atom is -0.480 e. The summed E-state index contributed by atoms with van der Waals surface area (Å²) in [4.78, 5) is 10.8. The second-order valence-electron chi connectivity index (χ2n) is 4.13. The number of carbonyl (C=O) groups is 1. The lowest BCUT2D eigenvalue weighted by atomic mass is 10.1. The van der Waals surface area contributed by atoms with Crippen LogP contribution in [-0.4, -0.2) is 23.7 Å². The van der Waals surface area contributed by atoms with Gasteiger partial charge in [0.05, 0.1) is 6.54 Å². The first-order valence-corrected chi connectivity index (χ1v) is 5.87. The van der Waals surface area contributed by atoms with E-state index < -0.39 is 24.5 Å². The lowest BCUT2D eigenvalue weighted by molar-refractivity contribution is -0.140. The standard InChI is InChI=1S/C13H17F2NO2/c1-2-6-11(12(17)18)16-9-13(14,15)10-7-4-3-5-8-10/h3-5,7-8,11,16H,2,6,9H2,1H3,(H,17,18). The van der Waals surface area contributed by atoms with Crippen LogP contribution in [0, 0.1) is 0 Å². The number of hydrogen-bond acceptors (Lipinski definition) is 2. The Morgan fingerprint density at radius 2 is 2.00 bits per heavy atom. The first-order chi connectivity index (χ1) is 8.47. The van der Waals surface area contributed by atoms with Gasteiger partial charge < -0.3 is 5.11 Å². The van der Waals surface area contributed by atoms with E-state index in [0.717, 1.165) is 0 Å². The Kier molecular flexibility index (Phi) is 5.22. The first-order valence-electron chi connectivity index (χ1n) is 5.87. The molecule has 0 saturated heterocycles. The summed E-state index contributed by atoms with van der Waals surface area (Å²) < 4.78 is 27.5. The summed E-state index contributed by atoms with van der Waals surface area (Å²) in [6, 6.07) is 6.46. The van der Waals surface area contributed by atoms with E-state index in [1.165, 1.54) is 24.3 Å². The average Bonchev–Trinajstić information content (AvgIpc) is 2.35. The molecule has 5 heteroatoms. The van der Waals surface area contributed by atoms with Crippen LogP contribution >= 0.6 is 0 Å². The van der Waals surface area contributed by atoms with Crippen molar-refractivity contribution < 1.29 is 18.7 Å². The molecule has 100 valence electrons. The summed E-state index contributed by atoms with van der Waals surface area (Å²) in [5, 5.41) is 11.3. The van der Waals surface area contributed by atoms with Crippen LogP contribution in [0.5, 0.6) is 0 Å². The minimum absolute atomic E-state index is 0.113. The molecule has 0 saturated carbocycles. The molecule has 18 heavy (non-hydrogen) atoms. The quantitative estimate of drug-likeness (QED) is 0.789. The minimum atomic E-state index is -3.07. The van der Waals surface area contributed by atoms with Crippen molar-refractivity contribution in [2.45, 2.75) is 31.7 Å². The Morgan fingerprint density at radius 3 is 2.50 bits per heavy atom. The summed E-state index contributed by atoms with van der Waals surface area (Å²) in [5.74, 6) is -4.16. The monoisotopic (exact) mass is 257 g/mol. The molecule has 0 spiro atoms. The van der Waals surface area contributed by atoms with E-state index in [1.54, 1.807) is 6.07 Å². The fraction of sp³-hybridized carbons (Fsp3) is 0.462. The van der Waals surface area contributed by atoms with E-state index in [4.69, 9.17) is 5.11 Å². The van der Waals surface area contributed by atoms with Crippen LogP contribution in [0.4, 0.5) is 8.78 Å². The predicted molar refractivity (Wildman–Crippen MR) is 64.7 cm³/mol. The number of carboxylic acid groups (broad SMARTS) is 1. The Balaban J connectivity index is 2.63. The number of nitrogens with one attached hydrogen (secondary N) is 1. The van der Waals surface area contributed by atoms with Gasteiger partial charge in [0.25, 0.3) is 5.92 Å². The zero-order chi connectivity index (χ0) is 13.6. The number of benzene rings is 1. The molecule has 0 aromatic heterocycles. The third-order valence-electron chi connectivity index (χ3n) is 2.64. The van der Waals surface area contributed by atoms with Gasteiger partial charge in [-0.25, -0.2) is 0 Å². The van der Waals surface area contributed by atoms with Gasteiger partial charge in [0, 0.05) is 5.56 Å². The van der Waals surface area contributed by atoms with Gasteiger partial charge in [-0.15, -0.1) is 0 Å². The molecule has 0 aliphatic rings. The highest BCUT2D eigenvalue weighted by atomic mass is 19.3. The average molecular weight is 257 g/mol. The summed E-state index contributed by atoms with van der Waals surface area (Å²) in [5.41, 5.74) is -0.113. The number of aliphatic carboxylic acids is 1. The fourth-order valence-corrected chi connectivity index (χ4v) is 1.64. The molecule has 1 unspecified atom stereocenters. The number of carboxylic acids is 1. The third-order valence-corrected chi connectivity index (χ3v) is 2.64. The van der Waals surface area contributed by atoms with Gasteiger partial charge >= 0.3 is 5.97 Å². The van der Waals surface area contributed by atoms with Crippen LogP contribution in [0.2, 0.25) is 0 Å².